The summed E-state index contributed by atoms with van der Waals surface area (Å²) in [5.41, 5.74) is 0.955. The number of thiophene rings is 1. The van der Waals surface area contributed by atoms with E-state index in [2.05, 4.69) is 34.7 Å². The summed E-state index contributed by atoms with van der Waals surface area (Å²) in [6, 6.07) is 10.1. The quantitative estimate of drug-likeness (QED) is 0.625. The van der Waals surface area contributed by atoms with Crippen molar-refractivity contribution in [2.45, 2.75) is 51.2 Å². The average molecular weight is 444 g/mol. The van der Waals surface area contributed by atoms with Gasteiger partial charge in [-0.15, -0.1) is 11.3 Å². The second-order valence-electron chi connectivity index (χ2n) is 8.80. The number of urea groups is 1. The van der Waals surface area contributed by atoms with E-state index in [1.807, 2.05) is 11.0 Å². The van der Waals surface area contributed by atoms with Crippen LogP contribution in [0.5, 0.6) is 11.5 Å². The number of ether oxygens (including phenoxy) is 1. The van der Waals surface area contributed by atoms with Crippen LogP contribution in [-0.2, 0) is 6.54 Å². The van der Waals surface area contributed by atoms with Crippen LogP contribution in [0.3, 0.4) is 0 Å². The Labute approximate surface area is 188 Å². The average Bonchev–Trinajstić information content (AvgIpc) is 3.48. The summed E-state index contributed by atoms with van der Waals surface area (Å²) in [6.07, 6.45) is 4.52. The number of hydrogen-bond acceptors (Lipinski definition) is 5. The zero-order chi connectivity index (χ0) is 21.8. The Morgan fingerprint density at radius 1 is 1.29 bits per heavy atom. The fourth-order valence-electron chi connectivity index (χ4n) is 4.29. The fraction of sp³-hybridized carbons (Fsp3) is 0.542. The first-order valence-corrected chi connectivity index (χ1v) is 12.1. The van der Waals surface area contributed by atoms with Gasteiger partial charge in [-0.1, -0.05) is 19.1 Å². The number of rotatable bonds is 8. The molecule has 31 heavy (non-hydrogen) atoms. The van der Waals surface area contributed by atoms with Gasteiger partial charge in [0, 0.05) is 24.0 Å². The fourth-order valence-corrected chi connectivity index (χ4v) is 5.15. The zero-order valence-electron chi connectivity index (χ0n) is 18.4. The summed E-state index contributed by atoms with van der Waals surface area (Å²) >= 11 is 1.77. The highest BCUT2D eigenvalue weighted by Crippen LogP contribution is 2.32. The molecule has 1 atom stereocenters. The number of nitrogens with zero attached hydrogens (tertiary/aromatic N) is 2. The molecule has 1 aromatic carbocycles. The van der Waals surface area contributed by atoms with E-state index in [-0.39, 0.29) is 23.9 Å². The molecule has 2 amide bonds. The molecule has 1 aliphatic carbocycles. The zero-order valence-corrected chi connectivity index (χ0v) is 19.2. The molecule has 4 rings (SSSR count). The van der Waals surface area contributed by atoms with E-state index in [0.29, 0.717) is 18.8 Å². The Bertz CT molecular complexity index is 861. The van der Waals surface area contributed by atoms with Crippen LogP contribution >= 0.6 is 11.3 Å². The molecule has 1 saturated carbocycles. The van der Waals surface area contributed by atoms with Crippen molar-refractivity contribution in [3.63, 3.8) is 0 Å². The number of aromatic hydroxyl groups is 1. The molecule has 2 aliphatic rings. The van der Waals surface area contributed by atoms with E-state index in [9.17, 15) is 9.90 Å². The molecule has 2 heterocycles. The van der Waals surface area contributed by atoms with Gasteiger partial charge < -0.3 is 20.1 Å². The van der Waals surface area contributed by atoms with Crippen molar-refractivity contribution in [1.82, 2.24) is 15.1 Å². The molecule has 0 bridgehead atoms. The smallest absolute Gasteiger partial charge is 0.318 e. The first-order chi connectivity index (χ1) is 15.0. The largest absolute Gasteiger partial charge is 0.504 e. The van der Waals surface area contributed by atoms with Crippen LogP contribution in [0, 0.1) is 5.92 Å². The maximum Gasteiger partial charge on any atom is 0.318 e. The molecule has 1 unspecified atom stereocenters. The third-order valence-electron chi connectivity index (χ3n) is 6.42. The number of piperidine rings is 1. The van der Waals surface area contributed by atoms with E-state index in [0.717, 1.165) is 37.4 Å². The van der Waals surface area contributed by atoms with Crippen molar-refractivity contribution >= 4 is 17.4 Å². The number of amides is 2. The lowest BCUT2D eigenvalue weighted by Crippen LogP contribution is -2.46. The minimum Gasteiger partial charge on any atom is -0.504 e. The lowest BCUT2D eigenvalue weighted by Gasteiger charge is -2.36. The van der Waals surface area contributed by atoms with E-state index in [1.165, 1.54) is 24.8 Å². The van der Waals surface area contributed by atoms with Gasteiger partial charge in [-0.3, -0.25) is 4.90 Å². The molecule has 6 nitrogen and oxygen atoms in total. The molecular formula is C24H33N3O3S. The maximum atomic E-state index is 13.2. The number of carbonyl (C=O) groups excluding carboxylic acids is 1. The highest BCUT2D eigenvalue weighted by molar-refractivity contribution is 7.10. The Balaban J connectivity index is 1.42. The number of phenols is 1. The Morgan fingerprint density at radius 3 is 2.71 bits per heavy atom. The van der Waals surface area contributed by atoms with Crippen LogP contribution in [0.15, 0.2) is 35.7 Å². The predicted molar refractivity (Wildman–Crippen MR) is 124 cm³/mol. The van der Waals surface area contributed by atoms with Gasteiger partial charge in [0.1, 0.15) is 0 Å². The van der Waals surface area contributed by atoms with Crippen molar-refractivity contribution in [2.24, 2.45) is 5.92 Å². The van der Waals surface area contributed by atoms with Gasteiger partial charge in [0.2, 0.25) is 0 Å². The first-order valence-electron chi connectivity index (χ1n) is 11.2. The minimum absolute atomic E-state index is 0.0125. The predicted octanol–water partition coefficient (Wildman–Crippen LogP) is 4.61. The van der Waals surface area contributed by atoms with Gasteiger partial charge in [0.15, 0.2) is 11.5 Å². The van der Waals surface area contributed by atoms with Crippen molar-refractivity contribution in [3.8, 4) is 11.5 Å². The molecule has 1 aromatic heterocycles. The summed E-state index contributed by atoms with van der Waals surface area (Å²) in [4.78, 5) is 18.9. The summed E-state index contributed by atoms with van der Waals surface area (Å²) in [7, 11) is 1.54. The van der Waals surface area contributed by atoms with Crippen LogP contribution in [0.2, 0.25) is 0 Å². The van der Waals surface area contributed by atoms with Gasteiger partial charge >= 0.3 is 6.03 Å². The summed E-state index contributed by atoms with van der Waals surface area (Å²) < 4.78 is 5.23. The van der Waals surface area contributed by atoms with Gasteiger partial charge in [0.05, 0.1) is 13.2 Å². The number of methoxy groups -OCH3 is 1. The lowest BCUT2D eigenvalue weighted by molar-refractivity contribution is 0.134. The van der Waals surface area contributed by atoms with Crippen LogP contribution in [-0.4, -0.2) is 53.7 Å². The van der Waals surface area contributed by atoms with Gasteiger partial charge in [0.25, 0.3) is 0 Å². The van der Waals surface area contributed by atoms with E-state index in [1.54, 1.807) is 23.5 Å². The van der Waals surface area contributed by atoms with Gasteiger partial charge in [-0.05, 0) is 73.8 Å². The minimum atomic E-state index is -0.0125. The molecule has 1 saturated heterocycles. The number of likely N-dealkylation sites (tertiary alicyclic amines) is 1. The van der Waals surface area contributed by atoms with Crippen LogP contribution in [0.25, 0.3) is 0 Å². The van der Waals surface area contributed by atoms with Crippen LogP contribution in [0.4, 0.5) is 4.79 Å². The molecule has 7 heteroatoms. The SMILES string of the molecule is COc1cc(CN(C(=O)NCC(c2cccs2)N2CCC(C)CC2)C2CC2)ccc1O. The number of carbonyl (C=O) groups is 1. The number of hydrogen-bond donors (Lipinski definition) is 2. The van der Waals surface area contributed by atoms with Crippen molar-refractivity contribution in [3.05, 3.63) is 46.2 Å². The number of phenolic OH excluding ortho intramolecular Hbond substituents is 1. The maximum absolute atomic E-state index is 13.2. The van der Waals surface area contributed by atoms with E-state index in [4.69, 9.17) is 4.74 Å². The second kappa shape index (κ2) is 9.92. The van der Waals surface area contributed by atoms with Crippen molar-refractivity contribution in [2.75, 3.05) is 26.7 Å². The third kappa shape index (κ3) is 5.52. The molecule has 1 aliphatic heterocycles. The Hall–Kier alpha value is -2.25. The highest BCUT2D eigenvalue weighted by Gasteiger charge is 2.33. The Morgan fingerprint density at radius 2 is 2.06 bits per heavy atom. The Kier molecular flexibility index (Phi) is 7.02. The van der Waals surface area contributed by atoms with E-state index < -0.39 is 0 Å². The van der Waals surface area contributed by atoms with Gasteiger partial charge in [-0.2, -0.15) is 0 Å². The van der Waals surface area contributed by atoms with Crippen LogP contribution in [0.1, 0.15) is 49.1 Å². The topological polar surface area (TPSA) is 65.0 Å². The van der Waals surface area contributed by atoms with Crippen LogP contribution < -0.4 is 10.1 Å². The molecule has 0 spiro atoms. The van der Waals surface area contributed by atoms with E-state index >= 15 is 0 Å². The van der Waals surface area contributed by atoms with Gasteiger partial charge in [-0.25, -0.2) is 4.79 Å². The monoisotopic (exact) mass is 443 g/mol. The summed E-state index contributed by atoms with van der Waals surface area (Å²) in [5, 5.41) is 15.2. The number of nitrogens with one attached hydrogen (secondary N) is 1. The third-order valence-corrected chi connectivity index (χ3v) is 7.40. The lowest BCUT2D eigenvalue weighted by atomic mass is 9.97. The molecule has 0 radical (unpaired) electrons. The molecule has 2 N–H and O–H groups in total. The normalized spacial score (nSPS) is 18.5. The summed E-state index contributed by atoms with van der Waals surface area (Å²) in [5.74, 6) is 1.33. The molecule has 2 aromatic rings. The number of benzene rings is 1. The van der Waals surface area contributed by atoms with Crippen molar-refractivity contribution < 1.29 is 14.6 Å². The summed E-state index contributed by atoms with van der Waals surface area (Å²) in [6.45, 7) is 5.62. The van der Waals surface area contributed by atoms with Crippen molar-refractivity contribution in [1.29, 1.82) is 0 Å². The molecular weight excluding hydrogens is 410 g/mol. The molecule has 168 valence electrons. The second-order valence-corrected chi connectivity index (χ2v) is 9.78. The molecule has 2 fully saturated rings. The highest BCUT2D eigenvalue weighted by atomic mass is 32.1. The first kappa shape index (κ1) is 22.0. The standard InChI is InChI=1S/C24H33N3O3S/c1-17-9-11-26(12-10-17)20(23-4-3-13-31-23)15-25-24(29)27(19-6-7-19)16-18-5-8-21(28)22(14-18)30-2/h3-5,8,13-14,17,19-20,28H,6-7,9-12,15-16H2,1-2H3,(H,25,29).